The van der Waals surface area contributed by atoms with Gasteiger partial charge >= 0.3 is 0 Å². The number of pyridine rings is 2. The summed E-state index contributed by atoms with van der Waals surface area (Å²) in [6.45, 7) is 7.49. The Morgan fingerprint density at radius 2 is 1.84 bits per heavy atom. The molecule has 3 heterocycles. The molecule has 4 aromatic rings. The minimum Gasteiger partial charge on any atom is -0.450 e. The third-order valence-corrected chi connectivity index (χ3v) is 7.12. The first-order chi connectivity index (χ1) is 17.5. The molecule has 0 fully saturated rings. The first kappa shape index (κ1) is 26.0. The first-order valence-corrected chi connectivity index (χ1v) is 13.4. The number of ether oxygens (including phenoxy) is 1. The van der Waals surface area contributed by atoms with Gasteiger partial charge in [-0.25, -0.2) is 13.4 Å². The summed E-state index contributed by atoms with van der Waals surface area (Å²) in [6, 6.07) is 8.69. The molecule has 0 bridgehead atoms. The van der Waals surface area contributed by atoms with Crippen LogP contribution >= 0.6 is 0 Å². The van der Waals surface area contributed by atoms with Crippen molar-refractivity contribution in [2.75, 3.05) is 17.0 Å². The van der Waals surface area contributed by atoms with Crippen molar-refractivity contribution in [1.82, 2.24) is 14.9 Å². The number of hydrogen-bond acceptors (Lipinski definition) is 7. The number of anilines is 1. The molecule has 2 N–H and O–H groups in total. The van der Waals surface area contributed by atoms with Gasteiger partial charge < -0.3 is 19.0 Å². The van der Waals surface area contributed by atoms with Crippen LogP contribution in [0.1, 0.15) is 35.5 Å². The van der Waals surface area contributed by atoms with E-state index in [1.54, 1.807) is 26.2 Å². The largest absolute Gasteiger partial charge is 0.450 e. The van der Waals surface area contributed by atoms with Crippen LogP contribution < -0.4 is 20.3 Å². The van der Waals surface area contributed by atoms with Gasteiger partial charge in [0.1, 0.15) is 11.3 Å². The lowest BCUT2D eigenvalue weighted by Gasteiger charge is -2.16. The number of nitrogens with one attached hydrogen (secondary N) is 2. The SMILES string of the molecule is CCNC(=O)c1cc2c(=O)n(C)cc(-c3cc(NS(=O)(=O)CC)cnc3Oc3c(C)cccc3C)c2o1. The van der Waals surface area contributed by atoms with Crippen LogP contribution in [0.3, 0.4) is 0 Å². The number of amides is 1. The van der Waals surface area contributed by atoms with Crippen LogP contribution in [-0.4, -0.2) is 36.2 Å². The Kier molecular flexibility index (Phi) is 7.08. The molecular weight excluding hydrogens is 496 g/mol. The van der Waals surface area contributed by atoms with Gasteiger partial charge in [-0.15, -0.1) is 0 Å². The number of carbonyl (C=O) groups excluding carboxylic acids is 1. The van der Waals surface area contributed by atoms with Crippen molar-refractivity contribution in [3.05, 3.63) is 70.0 Å². The smallest absolute Gasteiger partial charge is 0.287 e. The number of aryl methyl sites for hydroxylation is 3. The van der Waals surface area contributed by atoms with E-state index >= 15 is 0 Å². The Balaban J connectivity index is 1.98. The average Bonchev–Trinajstić information content (AvgIpc) is 3.30. The van der Waals surface area contributed by atoms with Crippen molar-refractivity contribution in [2.45, 2.75) is 27.7 Å². The second-order valence-electron chi connectivity index (χ2n) is 8.58. The van der Waals surface area contributed by atoms with Gasteiger partial charge in [0, 0.05) is 31.4 Å². The van der Waals surface area contributed by atoms with Crippen LogP contribution in [0.25, 0.3) is 22.1 Å². The fourth-order valence-electron chi connectivity index (χ4n) is 3.89. The summed E-state index contributed by atoms with van der Waals surface area (Å²) < 4.78 is 40.5. The number of carbonyl (C=O) groups is 1. The third kappa shape index (κ3) is 5.21. The second-order valence-corrected chi connectivity index (χ2v) is 10.6. The summed E-state index contributed by atoms with van der Waals surface area (Å²) >= 11 is 0. The van der Waals surface area contributed by atoms with Crippen LogP contribution in [0.15, 0.2) is 51.9 Å². The topological polar surface area (TPSA) is 133 Å². The molecule has 0 radical (unpaired) electrons. The summed E-state index contributed by atoms with van der Waals surface area (Å²) in [5, 5.41) is 2.85. The number of hydrogen-bond donors (Lipinski definition) is 2. The van der Waals surface area contributed by atoms with Crippen LogP contribution in [0, 0.1) is 13.8 Å². The number of rotatable bonds is 8. The molecule has 0 aliphatic carbocycles. The molecule has 4 rings (SSSR count). The van der Waals surface area contributed by atoms with Crippen molar-refractivity contribution in [1.29, 1.82) is 0 Å². The molecule has 37 heavy (non-hydrogen) atoms. The number of furan rings is 1. The van der Waals surface area contributed by atoms with Gasteiger partial charge in [-0.05, 0) is 44.9 Å². The van der Waals surface area contributed by atoms with E-state index in [-0.39, 0.29) is 39.6 Å². The standard InChI is InChI=1S/C26H28N4O6S/c1-6-27-24(31)21-12-19-23(35-21)20(14-30(5)26(19)32)18-11-17(29-37(33,34)7-2)13-28-25(18)36-22-15(3)9-8-10-16(22)4/h8-14,29H,6-7H2,1-5H3,(H,27,31). The maximum atomic E-state index is 12.9. The second kappa shape index (κ2) is 10.1. The molecule has 194 valence electrons. The van der Waals surface area contributed by atoms with E-state index in [1.165, 1.54) is 23.8 Å². The van der Waals surface area contributed by atoms with Crippen molar-refractivity contribution in [2.24, 2.45) is 7.05 Å². The molecule has 1 amide bonds. The van der Waals surface area contributed by atoms with E-state index in [0.29, 0.717) is 23.4 Å². The van der Waals surface area contributed by atoms with Gasteiger partial charge in [0.15, 0.2) is 5.76 Å². The summed E-state index contributed by atoms with van der Waals surface area (Å²) in [5.41, 5.74) is 2.55. The van der Waals surface area contributed by atoms with Gasteiger partial charge in [-0.2, -0.15) is 0 Å². The Bertz CT molecular complexity index is 1650. The van der Waals surface area contributed by atoms with Gasteiger partial charge in [-0.1, -0.05) is 18.2 Å². The summed E-state index contributed by atoms with van der Waals surface area (Å²) in [4.78, 5) is 29.8. The highest BCUT2D eigenvalue weighted by Gasteiger charge is 2.23. The highest BCUT2D eigenvalue weighted by Crippen LogP contribution is 2.39. The quantitative estimate of drug-likeness (QED) is 0.354. The van der Waals surface area contributed by atoms with Crippen LogP contribution in [0.4, 0.5) is 5.69 Å². The number of nitrogens with zero attached hydrogens (tertiary/aromatic N) is 2. The third-order valence-electron chi connectivity index (χ3n) is 5.81. The van der Waals surface area contributed by atoms with E-state index in [1.807, 2.05) is 32.0 Å². The monoisotopic (exact) mass is 524 g/mol. The zero-order valence-electron chi connectivity index (χ0n) is 21.2. The highest BCUT2D eigenvalue weighted by molar-refractivity contribution is 7.92. The molecule has 1 aromatic carbocycles. The molecule has 0 aliphatic heterocycles. The average molecular weight is 525 g/mol. The van der Waals surface area contributed by atoms with E-state index < -0.39 is 15.9 Å². The fourth-order valence-corrected chi connectivity index (χ4v) is 4.51. The van der Waals surface area contributed by atoms with E-state index in [4.69, 9.17) is 9.15 Å². The van der Waals surface area contributed by atoms with Gasteiger partial charge in [0.25, 0.3) is 11.5 Å². The highest BCUT2D eigenvalue weighted by atomic mass is 32.2. The molecule has 10 nitrogen and oxygen atoms in total. The molecule has 11 heteroatoms. The molecule has 0 atom stereocenters. The maximum Gasteiger partial charge on any atom is 0.287 e. The van der Waals surface area contributed by atoms with Crippen molar-refractivity contribution in [3.63, 3.8) is 0 Å². The van der Waals surface area contributed by atoms with Crippen molar-refractivity contribution < 1.29 is 22.4 Å². The Morgan fingerprint density at radius 3 is 2.49 bits per heavy atom. The van der Waals surface area contributed by atoms with Crippen LogP contribution in [0.5, 0.6) is 11.6 Å². The maximum absolute atomic E-state index is 12.9. The predicted octanol–water partition coefficient (Wildman–Crippen LogP) is 4.11. The molecule has 0 saturated carbocycles. The van der Waals surface area contributed by atoms with E-state index in [9.17, 15) is 18.0 Å². The fraction of sp³-hybridized carbons (Fsp3) is 0.269. The summed E-state index contributed by atoms with van der Waals surface area (Å²) in [7, 11) is -2.01. The van der Waals surface area contributed by atoms with E-state index in [0.717, 1.165) is 11.1 Å². The molecule has 3 aromatic heterocycles. The lowest BCUT2D eigenvalue weighted by atomic mass is 10.1. The Hall–Kier alpha value is -4.12. The number of benzene rings is 1. The van der Waals surface area contributed by atoms with Crippen molar-refractivity contribution >= 4 is 32.6 Å². The van der Waals surface area contributed by atoms with E-state index in [2.05, 4.69) is 15.0 Å². The number of para-hydroxylation sites is 1. The molecule has 0 saturated heterocycles. The zero-order valence-corrected chi connectivity index (χ0v) is 22.0. The Morgan fingerprint density at radius 1 is 1.14 bits per heavy atom. The summed E-state index contributed by atoms with van der Waals surface area (Å²) in [6.07, 6.45) is 2.91. The van der Waals surface area contributed by atoms with Gasteiger partial charge in [0.2, 0.25) is 15.9 Å². The minimum atomic E-state index is -3.59. The number of fused-ring (bicyclic) bond motifs is 1. The lowest BCUT2D eigenvalue weighted by Crippen LogP contribution is -2.22. The minimum absolute atomic E-state index is 0.0191. The van der Waals surface area contributed by atoms with Crippen LogP contribution in [-0.2, 0) is 17.1 Å². The first-order valence-electron chi connectivity index (χ1n) is 11.7. The number of aromatic nitrogens is 2. The summed E-state index contributed by atoms with van der Waals surface area (Å²) in [5.74, 6) is 0.173. The zero-order chi connectivity index (χ0) is 26.9. The predicted molar refractivity (Wildman–Crippen MR) is 142 cm³/mol. The Labute approximate surface area is 214 Å². The van der Waals surface area contributed by atoms with Crippen molar-refractivity contribution in [3.8, 4) is 22.8 Å². The number of sulfonamides is 1. The van der Waals surface area contributed by atoms with Crippen LogP contribution in [0.2, 0.25) is 0 Å². The normalized spacial score (nSPS) is 11.5. The molecule has 0 aliphatic rings. The van der Waals surface area contributed by atoms with Gasteiger partial charge in [0.05, 0.1) is 28.6 Å². The molecule has 0 unspecified atom stereocenters. The molecular formula is C26H28N4O6S. The lowest BCUT2D eigenvalue weighted by molar-refractivity contribution is 0.0930. The molecule has 0 spiro atoms. The van der Waals surface area contributed by atoms with Gasteiger partial charge in [-0.3, -0.25) is 14.3 Å².